The zero-order valence-corrected chi connectivity index (χ0v) is 22.6. The topological polar surface area (TPSA) is 49.4 Å². The van der Waals surface area contributed by atoms with Crippen molar-refractivity contribution in [3.63, 3.8) is 0 Å². The predicted octanol–water partition coefficient (Wildman–Crippen LogP) is 7.71. The molecule has 5 rings (SSSR count). The number of hydrogen-bond donors (Lipinski definition) is 0. The van der Waals surface area contributed by atoms with Crippen molar-refractivity contribution in [2.45, 2.75) is 12.1 Å². The molecule has 1 aliphatic heterocycles. The lowest BCUT2D eigenvalue weighted by Crippen LogP contribution is -2.25. The molecule has 0 spiro atoms. The van der Waals surface area contributed by atoms with E-state index in [2.05, 4.69) is 0 Å². The van der Waals surface area contributed by atoms with Crippen LogP contribution in [0.1, 0.15) is 28.2 Å². The van der Waals surface area contributed by atoms with E-state index >= 15 is 0 Å². The second-order valence-corrected chi connectivity index (χ2v) is 9.02. The molecular formula is C31H28F3NO5. The molecule has 4 aromatic rings. The highest BCUT2D eigenvalue weighted by Crippen LogP contribution is 2.60. The molecule has 0 bridgehead atoms. The van der Waals surface area contributed by atoms with E-state index in [9.17, 15) is 13.2 Å². The lowest BCUT2D eigenvalue weighted by Gasteiger charge is -2.40. The maximum atomic E-state index is 13.9. The van der Waals surface area contributed by atoms with E-state index in [1.165, 1.54) is 13.2 Å². The fourth-order valence-electron chi connectivity index (χ4n) is 5.42. The number of halogens is 3. The van der Waals surface area contributed by atoms with E-state index in [0.29, 0.717) is 45.5 Å². The van der Waals surface area contributed by atoms with E-state index in [0.717, 1.165) is 17.7 Å². The van der Waals surface area contributed by atoms with Gasteiger partial charge in [-0.1, -0.05) is 18.2 Å². The number of alkyl halides is 3. The number of nitrogens with zero attached hydrogens (tertiary/aromatic N) is 1. The number of methoxy groups -OCH3 is 5. The second kappa shape index (κ2) is 10.6. The van der Waals surface area contributed by atoms with Crippen molar-refractivity contribution < 1.29 is 36.9 Å². The number of ether oxygens (including phenoxy) is 5. The minimum absolute atomic E-state index is 0.215. The van der Waals surface area contributed by atoms with Gasteiger partial charge in [-0.3, -0.25) is 0 Å². The Hall–Kier alpha value is -4.53. The van der Waals surface area contributed by atoms with Gasteiger partial charge in [-0.25, -0.2) is 0 Å². The van der Waals surface area contributed by atoms with Gasteiger partial charge in [-0.15, -0.1) is 0 Å². The van der Waals surface area contributed by atoms with E-state index in [1.54, 1.807) is 45.5 Å². The van der Waals surface area contributed by atoms with Crippen molar-refractivity contribution in [2.75, 3.05) is 40.4 Å². The molecule has 0 unspecified atom stereocenters. The molecule has 6 nitrogen and oxygen atoms in total. The van der Waals surface area contributed by atoms with Crippen molar-refractivity contribution in [3.05, 3.63) is 95.1 Å². The minimum atomic E-state index is -4.56. The van der Waals surface area contributed by atoms with Crippen molar-refractivity contribution in [1.29, 1.82) is 0 Å². The summed E-state index contributed by atoms with van der Waals surface area (Å²) in [7, 11) is 7.69. The number of fused-ring (bicyclic) bond motifs is 2. The van der Waals surface area contributed by atoms with Gasteiger partial charge >= 0.3 is 6.18 Å². The summed E-state index contributed by atoms with van der Waals surface area (Å²) in [4.78, 5) is 1.75. The summed E-state index contributed by atoms with van der Waals surface area (Å²) in [6.07, 6.45) is -4.56. The third-order valence-corrected chi connectivity index (χ3v) is 7.09. The molecule has 0 aromatic heterocycles. The summed E-state index contributed by atoms with van der Waals surface area (Å²) < 4.78 is 70.7. The summed E-state index contributed by atoms with van der Waals surface area (Å²) >= 11 is 0. The Kier molecular flexibility index (Phi) is 7.14. The van der Waals surface area contributed by atoms with Crippen LogP contribution < -0.4 is 28.6 Å². The molecule has 1 heterocycles. The predicted molar refractivity (Wildman–Crippen MR) is 146 cm³/mol. The first-order valence-corrected chi connectivity index (χ1v) is 12.4. The molecule has 0 atom stereocenters. The number of rotatable bonds is 7. The maximum absolute atomic E-state index is 13.9. The largest absolute Gasteiger partial charge is 0.496 e. The molecule has 4 aromatic carbocycles. The molecule has 0 amide bonds. The Bertz CT molecular complexity index is 1480. The molecule has 0 N–H and O–H groups in total. The molecule has 0 saturated heterocycles. The smallest absolute Gasteiger partial charge is 0.416 e. The van der Waals surface area contributed by atoms with Crippen LogP contribution in [-0.2, 0) is 6.18 Å². The first kappa shape index (κ1) is 27.1. The molecule has 1 aliphatic rings. The van der Waals surface area contributed by atoms with Crippen LogP contribution in [0, 0.1) is 0 Å². The van der Waals surface area contributed by atoms with Crippen LogP contribution in [0.2, 0.25) is 0 Å². The van der Waals surface area contributed by atoms with E-state index in [-0.39, 0.29) is 11.4 Å². The summed E-state index contributed by atoms with van der Waals surface area (Å²) in [6.45, 7) is 0. The average Bonchev–Trinajstić information content (AvgIpc) is 2.97. The zero-order valence-electron chi connectivity index (χ0n) is 22.6. The van der Waals surface area contributed by atoms with Crippen LogP contribution in [0.25, 0.3) is 0 Å². The van der Waals surface area contributed by atoms with Gasteiger partial charge in [0.1, 0.15) is 28.7 Å². The van der Waals surface area contributed by atoms with Gasteiger partial charge in [0.05, 0.1) is 64.1 Å². The third kappa shape index (κ3) is 4.31. The van der Waals surface area contributed by atoms with E-state index < -0.39 is 17.7 Å². The Balaban J connectivity index is 1.94. The fraction of sp³-hybridized carbons (Fsp3) is 0.226. The van der Waals surface area contributed by atoms with Crippen LogP contribution in [0.5, 0.6) is 28.7 Å². The van der Waals surface area contributed by atoms with Crippen LogP contribution in [0.4, 0.5) is 30.2 Å². The average molecular weight is 552 g/mol. The lowest BCUT2D eigenvalue weighted by atomic mass is 9.78. The Morgan fingerprint density at radius 2 is 0.950 bits per heavy atom. The highest BCUT2D eigenvalue weighted by atomic mass is 19.4. The Morgan fingerprint density at radius 1 is 0.525 bits per heavy atom. The number of benzene rings is 4. The SMILES string of the molecule is COc1ccc(C(F)(F)F)cc1N1c2cccc(OC)c2C(c2c(OC)cccc2OC)c2c(OC)cccc21. The van der Waals surface area contributed by atoms with Gasteiger partial charge in [0.15, 0.2) is 0 Å². The normalized spacial score (nSPS) is 12.8. The second-order valence-electron chi connectivity index (χ2n) is 9.02. The first-order chi connectivity index (χ1) is 19.3. The standard InChI is InChI=1S/C31H28F3NO5/c1-36-22-16-15-18(31(32,33)34)17-21(22)35-19-9-6-11-23(37-2)27(19)30(28-20(35)10-7-12-24(28)38-3)29-25(39-4)13-8-14-26(29)40-5/h6-17,30H,1-5H3. The quantitative estimate of drug-likeness (QED) is 0.207. The van der Waals surface area contributed by atoms with Crippen LogP contribution >= 0.6 is 0 Å². The van der Waals surface area contributed by atoms with Crippen molar-refractivity contribution >= 4 is 17.1 Å². The molecular weight excluding hydrogens is 523 g/mol. The van der Waals surface area contributed by atoms with E-state index in [4.69, 9.17) is 23.7 Å². The fourth-order valence-corrected chi connectivity index (χ4v) is 5.42. The van der Waals surface area contributed by atoms with Gasteiger partial charge in [-0.05, 0) is 54.6 Å². The minimum Gasteiger partial charge on any atom is -0.496 e. The van der Waals surface area contributed by atoms with Crippen molar-refractivity contribution in [3.8, 4) is 28.7 Å². The van der Waals surface area contributed by atoms with Crippen LogP contribution in [0.3, 0.4) is 0 Å². The molecule has 0 aliphatic carbocycles. The summed E-state index contributed by atoms with van der Waals surface area (Å²) in [5.74, 6) is 1.94. The number of anilines is 3. The zero-order chi connectivity index (χ0) is 28.6. The molecule has 208 valence electrons. The monoisotopic (exact) mass is 551 g/mol. The van der Waals surface area contributed by atoms with E-state index in [1.807, 2.05) is 42.5 Å². The highest BCUT2D eigenvalue weighted by molar-refractivity contribution is 5.91. The first-order valence-electron chi connectivity index (χ1n) is 12.4. The van der Waals surface area contributed by atoms with Gasteiger partial charge in [-0.2, -0.15) is 13.2 Å². The molecule has 9 heteroatoms. The van der Waals surface area contributed by atoms with Crippen LogP contribution in [0.15, 0.2) is 72.8 Å². The maximum Gasteiger partial charge on any atom is 0.416 e. The van der Waals surface area contributed by atoms with Crippen molar-refractivity contribution in [1.82, 2.24) is 0 Å². The highest BCUT2D eigenvalue weighted by Gasteiger charge is 2.41. The van der Waals surface area contributed by atoms with Gasteiger partial charge < -0.3 is 28.6 Å². The lowest BCUT2D eigenvalue weighted by molar-refractivity contribution is -0.137. The number of hydrogen-bond acceptors (Lipinski definition) is 6. The Morgan fingerprint density at radius 3 is 1.38 bits per heavy atom. The van der Waals surface area contributed by atoms with Crippen molar-refractivity contribution in [2.24, 2.45) is 0 Å². The molecule has 40 heavy (non-hydrogen) atoms. The summed E-state index contributed by atoms with van der Waals surface area (Å²) in [6, 6.07) is 19.8. The van der Waals surface area contributed by atoms with Gasteiger partial charge in [0, 0.05) is 16.7 Å². The third-order valence-electron chi connectivity index (χ3n) is 7.09. The Labute approximate surface area is 230 Å². The molecule has 0 fully saturated rings. The molecule has 0 saturated carbocycles. The molecule has 0 radical (unpaired) electrons. The summed E-state index contributed by atoms with van der Waals surface area (Å²) in [5, 5.41) is 0. The van der Waals surface area contributed by atoms with Crippen LogP contribution in [-0.4, -0.2) is 35.5 Å². The van der Waals surface area contributed by atoms with Gasteiger partial charge in [0.2, 0.25) is 0 Å². The summed E-state index contributed by atoms with van der Waals surface area (Å²) in [5.41, 5.74) is 2.75. The van der Waals surface area contributed by atoms with Gasteiger partial charge in [0.25, 0.3) is 0 Å².